The highest BCUT2D eigenvalue weighted by Crippen LogP contribution is 2.15. The first kappa shape index (κ1) is 10.5. The van der Waals surface area contributed by atoms with Gasteiger partial charge >= 0.3 is 0 Å². The van der Waals surface area contributed by atoms with Crippen LogP contribution in [0.3, 0.4) is 0 Å². The number of hydrogen-bond donors (Lipinski definition) is 1. The number of aromatic nitrogens is 5. The molecule has 0 fully saturated rings. The van der Waals surface area contributed by atoms with E-state index in [0.29, 0.717) is 12.4 Å². The number of fused-ring (bicyclic) bond motifs is 1. The lowest BCUT2D eigenvalue weighted by molar-refractivity contribution is 0.265. The van der Waals surface area contributed by atoms with Gasteiger partial charge in [0.25, 0.3) is 0 Å². The van der Waals surface area contributed by atoms with Gasteiger partial charge in [0.15, 0.2) is 5.82 Å². The summed E-state index contributed by atoms with van der Waals surface area (Å²) >= 11 is 0. The highest BCUT2D eigenvalue weighted by atomic mass is 16.3. The van der Waals surface area contributed by atoms with Crippen molar-refractivity contribution in [3.63, 3.8) is 0 Å². The van der Waals surface area contributed by atoms with Gasteiger partial charge in [-0.15, -0.1) is 10.2 Å². The molecule has 0 atom stereocenters. The Morgan fingerprint density at radius 2 is 2.18 bits per heavy atom. The van der Waals surface area contributed by atoms with Gasteiger partial charge in [-0.25, -0.2) is 4.98 Å². The fraction of sp³-hybridized carbons (Fsp3) is 0.545. The Hall–Kier alpha value is -1.69. The van der Waals surface area contributed by atoms with Crippen LogP contribution in [0.25, 0.3) is 0 Å². The third kappa shape index (κ3) is 1.84. The summed E-state index contributed by atoms with van der Waals surface area (Å²) in [4.78, 5) is 4.08. The zero-order valence-electron chi connectivity index (χ0n) is 9.58. The minimum absolute atomic E-state index is 0.0476. The molecular weight excluding hydrogens is 218 g/mol. The summed E-state index contributed by atoms with van der Waals surface area (Å²) < 4.78 is 4.09. The summed E-state index contributed by atoms with van der Waals surface area (Å²) in [6.07, 6.45) is 6.96. The Labute approximate surface area is 98.9 Å². The van der Waals surface area contributed by atoms with Crippen molar-refractivity contribution in [2.45, 2.75) is 39.0 Å². The molecule has 2 aromatic rings. The normalized spacial score (nSPS) is 14.9. The highest BCUT2D eigenvalue weighted by molar-refractivity contribution is 5.02. The zero-order chi connectivity index (χ0) is 11.7. The standard InChI is InChI=1S/C11H15N5O/c17-8-11-12-4-6-15(11)7-10-14-13-9-3-1-2-5-16(9)10/h4,6,17H,1-3,5,7-8H2. The third-order valence-electron chi connectivity index (χ3n) is 3.19. The average Bonchev–Trinajstić information content (AvgIpc) is 2.97. The molecule has 0 saturated carbocycles. The SMILES string of the molecule is OCc1nccn1Cc1nnc2n1CCCC2. The van der Waals surface area contributed by atoms with Gasteiger partial charge in [-0.3, -0.25) is 0 Å². The van der Waals surface area contributed by atoms with Gasteiger partial charge < -0.3 is 14.2 Å². The second kappa shape index (κ2) is 4.29. The molecule has 17 heavy (non-hydrogen) atoms. The Balaban J connectivity index is 1.88. The summed E-state index contributed by atoms with van der Waals surface area (Å²) in [7, 11) is 0. The van der Waals surface area contributed by atoms with Gasteiger partial charge in [0.05, 0.1) is 6.54 Å². The number of rotatable bonds is 3. The molecular formula is C11H15N5O. The third-order valence-corrected chi connectivity index (χ3v) is 3.19. The quantitative estimate of drug-likeness (QED) is 0.830. The smallest absolute Gasteiger partial charge is 0.153 e. The summed E-state index contributed by atoms with van der Waals surface area (Å²) in [6, 6.07) is 0. The van der Waals surface area contributed by atoms with Crippen molar-refractivity contribution in [2.24, 2.45) is 0 Å². The van der Waals surface area contributed by atoms with Crippen LogP contribution in [0.2, 0.25) is 0 Å². The molecule has 3 rings (SSSR count). The molecule has 1 N–H and O–H groups in total. The molecule has 3 heterocycles. The van der Waals surface area contributed by atoms with Crippen molar-refractivity contribution in [2.75, 3.05) is 0 Å². The molecule has 90 valence electrons. The maximum atomic E-state index is 9.15. The van der Waals surface area contributed by atoms with Crippen molar-refractivity contribution < 1.29 is 5.11 Å². The van der Waals surface area contributed by atoms with E-state index in [2.05, 4.69) is 19.7 Å². The lowest BCUT2D eigenvalue weighted by Crippen LogP contribution is -2.15. The first-order chi connectivity index (χ1) is 8.38. The van der Waals surface area contributed by atoms with Crippen LogP contribution in [0.15, 0.2) is 12.4 Å². The zero-order valence-corrected chi connectivity index (χ0v) is 9.58. The predicted octanol–water partition coefficient (Wildman–Crippen LogP) is 0.351. The molecule has 0 saturated heterocycles. The van der Waals surface area contributed by atoms with E-state index in [0.717, 1.165) is 24.6 Å². The molecule has 0 aliphatic carbocycles. The van der Waals surface area contributed by atoms with E-state index in [9.17, 15) is 0 Å². The number of aliphatic hydroxyl groups excluding tert-OH is 1. The summed E-state index contributed by atoms with van der Waals surface area (Å²) in [5.41, 5.74) is 0. The number of imidazole rings is 1. The van der Waals surface area contributed by atoms with E-state index in [1.54, 1.807) is 6.20 Å². The van der Waals surface area contributed by atoms with E-state index >= 15 is 0 Å². The lowest BCUT2D eigenvalue weighted by Gasteiger charge is -2.15. The van der Waals surface area contributed by atoms with Crippen LogP contribution in [-0.4, -0.2) is 29.4 Å². The molecule has 0 amide bonds. The Morgan fingerprint density at radius 1 is 1.24 bits per heavy atom. The van der Waals surface area contributed by atoms with Crippen LogP contribution in [0.4, 0.5) is 0 Å². The monoisotopic (exact) mass is 233 g/mol. The van der Waals surface area contributed by atoms with Gasteiger partial charge in [0.1, 0.15) is 18.3 Å². The number of hydrogen-bond acceptors (Lipinski definition) is 4. The fourth-order valence-corrected chi connectivity index (χ4v) is 2.27. The van der Waals surface area contributed by atoms with Crippen LogP contribution in [0.5, 0.6) is 0 Å². The van der Waals surface area contributed by atoms with Gasteiger partial charge in [0.2, 0.25) is 0 Å². The molecule has 6 heteroatoms. The lowest BCUT2D eigenvalue weighted by atomic mass is 10.2. The van der Waals surface area contributed by atoms with Crippen molar-refractivity contribution >= 4 is 0 Å². The Bertz CT molecular complexity index is 516. The minimum Gasteiger partial charge on any atom is -0.388 e. The number of nitrogens with zero attached hydrogens (tertiary/aromatic N) is 5. The fourth-order valence-electron chi connectivity index (χ4n) is 2.27. The van der Waals surface area contributed by atoms with E-state index in [4.69, 9.17) is 5.11 Å². The van der Waals surface area contributed by atoms with Gasteiger partial charge in [0, 0.05) is 25.4 Å². The molecule has 1 aliphatic heterocycles. The van der Waals surface area contributed by atoms with Crippen LogP contribution < -0.4 is 0 Å². The summed E-state index contributed by atoms with van der Waals surface area (Å²) in [6.45, 7) is 1.58. The summed E-state index contributed by atoms with van der Waals surface area (Å²) in [5, 5.41) is 17.6. The first-order valence-electron chi connectivity index (χ1n) is 5.90. The molecule has 2 aromatic heterocycles. The molecule has 0 unspecified atom stereocenters. The van der Waals surface area contributed by atoms with E-state index in [-0.39, 0.29) is 6.61 Å². The van der Waals surface area contributed by atoms with Crippen LogP contribution in [-0.2, 0) is 26.1 Å². The van der Waals surface area contributed by atoms with E-state index in [1.165, 1.54) is 12.8 Å². The number of aryl methyl sites for hydroxylation is 1. The Kier molecular flexibility index (Phi) is 2.64. The van der Waals surface area contributed by atoms with Crippen molar-refractivity contribution in [3.05, 3.63) is 29.9 Å². The van der Waals surface area contributed by atoms with Crippen LogP contribution in [0, 0.1) is 0 Å². The molecule has 1 aliphatic rings. The van der Waals surface area contributed by atoms with Crippen molar-refractivity contribution in [1.29, 1.82) is 0 Å². The van der Waals surface area contributed by atoms with E-state index in [1.807, 2.05) is 10.8 Å². The molecule has 0 aromatic carbocycles. The predicted molar refractivity (Wildman–Crippen MR) is 60.2 cm³/mol. The average molecular weight is 233 g/mol. The second-order valence-electron chi connectivity index (χ2n) is 4.27. The highest BCUT2D eigenvalue weighted by Gasteiger charge is 2.16. The molecule has 0 radical (unpaired) electrons. The van der Waals surface area contributed by atoms with Gasteiger partial charge in [-0.2, -0.15) is 0 Å². The van der Waals surface area contributed by atoms with Gasteiger partial charge in [-0.05, 0) is 12.8 Å². The Morgan fingerprint density at radius 3 is 3.06 bits per heavy atom. The maximum Gasteiger partial charge on any atom is 0.153 e. The van der Waals surface area contributed by atoms with Crippen LogP contribution >= 0.6 is 0 Å². The van der Waals surface area contributed by atoms with Crippen molar-refractivity contribution in [3.8, 4) is 0 Å². The second-order valence-corrected chi connectivity index (χ2v) is 4.27. The molecule has 0 bridgehead atoms. The largest absolute Gasteiger partial charge is 0.388 e. The van der Waals surface area contributed by atoms with Crippen molar-refractivity contribution in [1.82, 2.24) is 24.3 Å². The number of aliphatic hydroxyl groups is 1. The summed E-state index contributed by atoms with van der Waals surface area (Å²) in [5.74, 6) is 2.70. The minimum atomic E-state index is -0.0476. The van der Waals surface area contributed by atoms with Gasteiger partial charge in [-0.1, -0.05) is 0 Å². The topological polar surface area (TPSA) is 68.8 Å². The first-order valence-corrected chi connectivity index (χ1v) is 5.90. The maximum absolute atomic E-state index is 9.15. The van der Waals surface area contributed by atoms with Crippen LogP contribution in [0.1, 0.15) is 30.3 Å². The molecule has 0 spiro atoms. The van der Waals surface area contributed by atoms with E-state index < -0.39 is 0 Å². The molecule has 6 nitrogen and oxygen atoms in total.